The Morgan fingerprint density at radius 1 is 0.878 bits per heavy atom. The predicted molar refractivity (Wildman–Crippen MR) is 166 cm³/mol. The first kappa shape index (κ1) is 32.4. The maximum Gasteiger partial charge on any atom is 0.264 e. The number of amides is 2. The van der Waals surface area contributed by atoms with Crippen LogP contribution in [-0.4, -0.2) is 43.8 Å². The molecule has 0 fully saturated rings. The van der Waals surface area contributed by atoms with Gasteiger partial charge in [0.05, 0.1) is 10.6 Å². The summed E-state index contributed by atoms with van der Waals surface area (Å²) in [6.45, 7) is 8.84. The highest BCUT2D eigenvalue weighted by Gasteiger charge is 2.34. The Morgan fingerprint density at radius 2 is 1.51 bits per heavy atom. The van der Waals surface area contributed by atoms with E-state index in [1.807, 2.05) is 33.8 Å². The number of carbonyl (C=O) groups excluding carboxylic acids is 2. The summed E-state index contributed by atoms with van der Waals surface area (Å²) in [4.78, 5) is 29.0. The zero-order valence-electron chi connectivity index (χ0n) is 24.0. The van der Waals surface area contributed by atoms with Crippen LogP contribution in [0, 0.1) is 13.8 Å². The molecule has 220 valence electrons. The SMILES string of the molecule is CC[C@H](C)NC(=O)[C@H](CC)N(Cc1c(Cl)cccc1Cl)C(=O)CN(c1ccc(C)c(C)c1)S(=O)(=O)c1ccccc1. The number of benzene rings is 3. The Hall–Kier alpha value is -3.07. The predicted octanol–water partition coefficient (Wildman–Crippen LogP) is 6.53. The topological polar surface area (TPSA) is 86.8 Å². The first-order valence-electron chi connectivity index (χ1n) is 13.6. The van der Waals surface area contributed by atoms with Crippen LogP contribution in [0.1, 0.15) is 50.3 Å². The van der Waals surface area contributed by atoms with Gasteiger partial charge in [0.25, 0.3) is 10.0 Å². The lowest BCUT2D eigenvalue weighted by molar-refractivity contribution is -0.140. The fourth-order valence-corrected chi connectivity index (χ4v) is 6.29. The van der Waals surface area contributed by atoms with E-state index in [0.29, 0.717) is 34.1 Å². The van der Waals surface area contributed by atoms with Gasteiger partial charge < -0.3 is 10.2 Å². The second-order valence-electron chi connectivity index (χ2n) is 10.1. The van der Waals surface area contributed by atoms with E-state index in [4.69, 9.17) is 23.2 Å². The molecule has 0 saturated heterocycles. The third kappa shape index (κ3) is 7.82. The van der Waals surface area contributed by atoms with E-state index in [9.17, 15) is 18.0 Å². The summed E-state index contributed by atoms with van der Waals surface area (Å²) < 4.78 is 29.0. The van der Waals surface area contributed by atoms with E-state index in [2.05, 4.69) is 5.32 Å². The fraction of sp³-hybridized carbons (Fsp3) is 0.355. The van der Waals surface area contributed by atoms with E-state index in [0.717, 1.165) is 15.4 Å². The summed E-state index contributed by atoms with van der Waals surface area (Å²) in [6, 6.07) is 17.2. The number of aryl methyl sites for hydroxylation is 2. The van der Waals surface area contributed by atoms with Crippen molar-refractivity contribution in [3.05, 3.63) is 93.5 Å². The molecule has 0 saturated carbocycles. The lowest BCUT2D eigenvalue weighted by atomic mass is 10.1. The quantitative estimate of drug-likeness (QED) is 0.250. The standard InChI is InChI=1S/C31H37Cl2N3O4S/c1-6-23(5)34-31(38)29(7-2)35(19-26-27(32)14-11-15-28(26)33)30(37)20-36(24-17-16-21(3)22(4)18-24)41(39,40)25-12-9-8-10-13-25/h8-18,23,29H,6-7,19-20H2,1-5H3,(H,34,38)/t23-,29-/m0/s1. The third-order valence-electron chi connectivity index (χ3n) is 7.17. The van der Waals surface area contributed by atoms with Crippen LogP contribution in [0.4, 0.5) is 5.69 Å². The number of anilines is 1. The number of nitrogens with one attached hydrogen (secondary N) is 1. The maximum atomic E-state index is 14.2. The van der Waals surface area contributed by atoms with E-state index < -0.39 is 28.5 Å². The molecular formula is C31H37Cl2N3O4S. The summed E-state index contributed by atoms with van der Waals surface area (Å²) in [5.74, 6) is -0.896. The van der Waals surface area contributed by atoms with Crippen molar-refractivity contribution >= 4 is 50.7 Å². The minimum absolute atomic E-state index is 0.0493. The average Bonchev–Trinajstić information content (AvgIpc) is 2.94. The fourth-order valence-electron chi connectivity index (χ4n) is 4.34. The van der Waals surface area contributed by atoms with E-state index in [1.165, 1.54) is 17.0 Å². The summed E-state index contributed by atoms with van der Waals surface area (Å²) in [5.41, 5.74) is 2.68. The lowest BCUT2D eigenvalue weighted by Gasteiger charge is -2.34. The van der Waals surface area contributed by atoms with Crippen LogP contribution in [0.2, 0.25) is 10.0 Å². The van der Waals surface area contributed by atoms with Gasteiger partial charge in [-0.3, -0.25) is 13.9 Å². The van der Waals surface area contributed by atoms with Crippen LogP contribution in [0.15, 0.2) is 71.6 Å². The molecular weight excluding hydrogens is 581 g/mol. The average molecular weight is 619 g/mol. The van der Waals surface area contributed by atoms with Crippen LogP contribution in [0.5, 0.6) is 0 Å². The molecule has 3 aromatic carbocycles. The van der Waals surface area contributed by atoms with Crippen LogP contribution >= 0.6 is 23.2 Å². The molecule has 1 N–H and O–H groups in total. The molecule has 7 nitrogen and oxygen atoms in total. The zero-order valence-corrected chi connectivity index (χ0v) is 26.4. The molecule has 0 heterocycles. The van der Waals surface area contributed by atoms with E-state index >= 15 is 0 Å². The molecule has 41 heavy (non-hydrogen) atoms. The monoisotopic (exact) mass is 617 g/mol. The van der Waals surface area contributed by atoms with Crippen molar-refractivity contribution in [1.29, 1.82) is 0 Å². The largest absolute Gasteiger partial charge is 0.352 e. The van der Waals surface area contributed by atoms with Crippen molar-refractivity contribution in [1.82, 2.24) is 10.2 Å². The molecule has 0 bridgehead atoms. The van der Waals surface area contributed by atoms with Crippen molar-refractivity contribution in [2.24, 2.45) is 0 Å². The van der Waals surface area contributed by atoms with Gasteiger partial charge in [-0.2, -0.15) is 0 Å². The van der Waals surface area contributed by atoms with Crippen LogP contribution < -0.4 is 9.62 Å². The van der Waals surface area contributed by atoms with Crippen molar-refractivity contribution in [2.45, 2.75) is 71.0 Å². The number of carbonyl (C=O) groups is 2. The Balaban J connectivity index is 2.11. The van der Waals surface area contributed by atoms with E-state index in [1.54, 1.807) is 55.5 Å². The number of hydrogen-bond donors (Lipinski definition) is 1. The van der Waals surface area contributed by atoms with Crippen LogP contribution in [0.25, 0.3) is 0 Å². The number of hydrogen-bond acceptors (Lipinski definition) is 4. The Bertz CT molecular complexity index is 1460. The highest BCUT2D eigenvalue weighted by Crippen LogP contribution is 2.29. The second-order valence-corrected chi connectivity index (χ2v) is 12.7. The highest BCUT2D eigenvalue weighted by atomic mass is 35.5. The third-order valence-corrected chi connectivity index (χ3v) is 9.66. The van der Waals surface area contributed by atoms with E-state index in [-0.39, 0.29) is 23.4 Å². The molecule has 0 aliphatic heterocycles. The molecule has 0 spiro atoms. The molecule has 10 heteroatoms. The Morgan fingerprint density at radius 3 is 2.07 bits per heavy atom. The van der Waals surface area contributed by atoms with Gasteiger partial charge in [-0.15, -0.1) is 0 Å². The van der Waals surface area contributed by atoms with Gasteiger partial charge >= 0.3 is 0 Å². The molecule has 3 rings (SSSR count). The van der Waals surface area contributed by atoms with Crippen LogP contribution in [0.3, 0.4) is 0 Å². The molecule has 0 radical (unpaired) electrons. The lowest BCUT2D eigenvalue weighted by Crippen LogP contribution is -2.53. The maximum absolute atomic E-state index is 14.2. The van der Waals surface area contributed by atoms with Gasteiger partial charge in [-0.1, -0.05) is 67.4 Å². The van der Waals surface area contributed by atoms with Gasteiger partial charge in [-0.05, 0) is 81.1 Å². The van der Waals surface area contributed by atoms with Crippen molar-refractivity contribution < 1.29 is 18.0 Å². The van der Waals surface area contributed by atoms with Crippen molar-refractivity contribution in [3.63, 3.8) is 0 Å². The number of rotatable bonds is 12. The van der Waals surface area contributed by atoms with Crippen molar-refractivity contribution in [3.8, 4) is 0 Å². The molecule has 0 aliphatic carbocycles. The first-order chi connectivity index (χ1) is 19.4. The number of sulfonamides is 1. The Labute approximate surface area is 253 Å². The molecule has 2 atom stereocenters. The van der Waals surface area contributed by atoms with Gasteiger partial charge in [0, 0.05) is 28.2 Å². The summed E-state index contributed by atoms with van der Waals surface area (Å²) in [7, 11) is -4.14. The van der Waals surface area contributed by atoms with Crippen molar-refractivity contribution in [2.75, 3.05) is 10.8 Å². The number of nitrogens with zero attached hydrogens (tertiary/aromatic N) is 2. The molecule has 0 aliphatic rings. The smallest absolute Gasteiger partial charge is 0.264 e. The molecule has 2 amide bonds. The summed E-state index contributed by atoms with van der Waals surface area (Å²) in [5, 5.41) is 3.64. The minimum atomic E-state index is -4.14. The second kappa shape index (κ2) is 14.2. The molecule has 0 aromatic heterocycles. The van der Waals surface area contributed by atoms with Gasteiger partial charge in [0.2, 0.25) is 11.8 Å². The molecule has 0 unspecified atom stereocenters. The summed E-state index contributed by atoms with van der Waals surface area (Å²) >= 11 is 12.9. The highest BCUT2D eigenvalue weighted by molar-refractivity contribution is 7.92. The first-order valence-corrected chi connectivity index (χ1v) is 15.8. The van der Waals surface area contributed by atoms with Crippen LogP contribution in [-0.2, 0) is 26.2 Å². The minimum Gasteiger partial charge on any atom is -0.352 e. The van der Waals surface area contributed by atoms with Gasteiger partial charge in [0.1, 0.15) is 12.6 Å². The zero-order chi connectivity index (χ0) is 30.3. The normalized spacial score (nSPS) is 12.9. The number of halogens is 2. The van der Waals surface area contributed by atoms with Gasteiger partial charge in [-0.25, -0.2) is 8.42 Å². The molecule has 3 aromatic rings. The summed E-state index contributed by atoms with van der Waals surface area (Å²) in [6.07, 6.45) is 1.01. The van der Waals surface area contributed by atoms with Gasteiger partial charge in [0.15, 0.2) is 0 Å². The Kier molecular flexibility index (Phi) is 11.2.